The summed E-state index contributed by atoms with van der Waals surface area (Å²) < 4.78 is 27.9. The summed E-state index contributed by atoms with van der Waals surface area (Å²) in [5.41, 5.74) is 3.63. The van der Waals surface area contributed by atoms with Gasteiger partial charge < -0.3 is 4.79 Å². The number of aryl methyl sites for hydroxylation is 1. The van der Waals surface area contributed by atoms with Crippen LogP contribution in [-0.2, 0) is 34.1 Å². The van der Waals surface area contributed by atoms with E-state index >= 15 is 0 Å². The lowest BCUT2D eigenvalue weighted by Gasteiger charge is -2.27. The van der Waals surface area contributed by atoms with Gasteiger partial charge in [0, 0.05) is 17.5 Å². The molecular formula is C19H20ClNO3S. The molecule has 1 aliphatic carbocycles. The molecule has 1 atom stereocenters. The number of sulfonamides is 1. The second-order valence-corrected chi connectivity index (χ2v) is 8.43. The lowest BCUT2D eigenvalue weighted by atomic mass is 9.85. The highest BCUT2D eigenvalue weighted by atomic mass is 35.5. The zero-order chi connectivity index (χ0) is 17.9. The number of carbonyl (C=O) groups excluding carboxylic acids is 1. The van der Waals surface area contributed by atoms with Crippen molar-refractivity contribution in [1.82, 2.24) is 4.72 Å². The Morgan fingerprint density at radius 1 is 1.16 bits per heavy atom. The Morgan fingerprint density at radius 2 is 1.92 bits per heavy atom. The van der Waals surface area contributed by atoms with Crippen LogP contribution in [0.15, 0.2) is 47.4 Å². The predicted molar refractivity (Wildman–Crippen MR) is 98.4 cm³/mol. The first-order chi connectivity index (χ1) is 12.0. The Balaban J connectivity index is 1.75. The zero-order valence-corrected chi connectivity index (χ0v) is 15.3. The number of hydrogen-bond acceptors (Lipinski definition) is 3. The third-order valence-electron chi connectivity index (χ3n) is 4.56. The fourth-order valence-electron chi connectivity index (χ4n) is 3.34. The first kappa shape index (κ1) is 18.1. The number of aldehydes is 1. The molecule has 0 bridgehead atoms. The molecule has 0 fully saturated rings. The molecule has 2 aromatic rings. The van der Waals surface area contributed by atoms with Gasteiger partial charge >= 0.3 is 0 Å². The molecule has 3 rings (SSSR count). The van der Waals surface area contributed by atoms with Gasteiger partial charge in [-0.2, -0.15) is 0 Å². The van der Waals surface area contributed by atoms with Crippen LogP contribution in [-0.4, -0.2) is 20.7 Å². The summed E-state index contributed by atoms with van der Waals surface area (Å²) in [4.78, 5) is 10.9. The van der Waals surface area contributed by atoms with Gasteiger partial charge in [-0.3, -0.25) is 0 Å². The number of benzene rings is 2. The third-order valence-corrected chi connectivity index (χ3v) is 6.34. The lowest BCUT2D eigenvalue weighted by molar-refractivity contribution is -0.107. The van der Waals surface area contributed by atoms with Crippen molar-refractivity contribution >= 4 is 27.9 Å². The minimum absolute atomic E-state index is 0.130. The molecule has 0 radical (unpaired) electrons. The number of rotatable bonds is 6. The quantitative estimate of drug-likeness (QED) is 0.785. The van der Waals surface area contributed by atoms with Gasteiger partial charge in [-0.25, -0.2) is 13.1 Å². The third kappa shape index (κ3) is 4.29. The average Bonchev–Trinajstić information content (AvgIpc) is 2.59. The average molecular weight is 378 g/mol. The molecule has 0 aromatic heterocycles. The van der Waals surface area contributed by atoms with Crippen LogP contribution >= 0.6 is 11.6 Å². The Labute approximate surface area is 153 Å². The SMILES string of the molecule is O=CCCc1cccc2c1CC[C@@H](NS(=O)(=O)c1ccc(Cl)cc1)C2. The van der Waals surface area contributed by atoms with Gasteiger partial charge in [-0.05, 0) is 66.6 Å². The van der Waals surface area contributed by atoms with Crippen LogP contribution in [0.4, 0.5) is 0 Å². The van der Waals surface area contributed by atoms with E-state index in [0.717, 1.165) is 25.5 Å². The van der Waals surface area contributed by atoms with Gasteiger partial charge in [0.05, 0.1) is 4.90 Å². The second kappa shape index (κ2) is 7.68. The fourth-order valence-corrected chi connectivity index (χ4v) is 4.73. The van der Waals surface area contributed by atoms with Crippen molar-refractivity contribution in [2.24, 2.45) is 0 Å². The van der Waals surface area contributed by atoms with E-state index in [1.165, 1.54) is 28.8 Å². The van der Waals surface area contributed by atoms with Crippen molar-refractivity contribution in [1.29, 1.82) is 0 Å². The topological polar surface area (TPSA) is 63.2 Å². The maximum absolute atomic E-state index is 12.5. The summed E-state index contributed by atoms with van der Waals surface area (Å²) >= 11 is 5.82. The molecule has 0 spiro atoms. The molecule has 1 aliphatic rings. The van der Waals surface area contributed by atoms with Gasteiger partial charge in [0.1, 0.15) is 6.29 Å². The molecule has 4 nitrogen and oxygen atoms in total. The molecule has 0 aliphatic heterocycles. The fraction of sp³-hybridized carbons (Fsp3) is 0.316. The van der Waals surface area contributed by atoms with Crippen molar-refractivity contribution in [3.05, 3.63) is 64.2 Å². The molecule has 0 heterocycles. The molecule has 1 N–H and O–H groups in total. The van der Waals surface area contributed by atoms with Gasteiger partial charge in [-0.15, -0.1) is 0 Å². The van der Waals surface area contributed by atoms with Crippen molar-refractivity contribution in [2.75, 3.05) is 0 Å². The van der Waals surface area contributed by atoms with E-state index in [4.69, 9.17) is 11.6 Å². The lowest BCUT2D eigenvalue weighted by Crippen LogP contribution is -2.39. The summed E-state index contributed by atoms with van der Waals surface area (Å²) in [5, 5.41) is 0.508. The zero-order valence-electron chi connectivity index (χ0n) is 13.7. The monoisotopic (exact) mass is 377 g/mol. The number of halogens is 1. The van der Waals surface area contributed by atoms with Crippen molar-refractivity contribution in [2.45, 2.75) is 43.0 Å². The summed E-state index contributed by atoms with van der Waals surface area (Å²) in [6, 6.07) is 12.1. The van der Waals surface area contributed by atoms with E-state index in [1.807, 2.05) is 12.1 Å². The molecule has 0 unspecified atom stereocenters. The predicted octanol–water partition coefficient (Wildman–Crippen LogP) is 3.31. The maximum atomic E-state index is 12.5. The molecular weight excluding hydrogens is 358 g/mol. The van der Waals surface area contributed by atoms with E-state index in [1.54, 1.807) is 12.1 Å². The highest BCUT2D eigenvalue weighted by Gasteiger charge is 2.25. The normalized spacial score (nSPS) is 17.1. The Morgan fingerprint density at radius 3 is 2.64 bits per heavy atom. The van der Waals surface area contributed by atoms with Crippen LogP contribution in [0.25, 0.3) is 0 Å². The maximum Gasteiger partial charge on any atom is 0.240 e. The first-order valence-electron chi connectivity index (χ1n) is 8.31. The van der Waals surface area contributed by atoms with Crippen LogP contribution in [0.1, 0.15) is 29.5 Å². The van der Waals surface area contributed by atoms with Crippen molar-refractivity contribution in [3.8, 4) is 0 Å². The first-order valence-corrected chi connectivity index (χ1v) is 10.2. The standard InChI is InChI=1S/C19H20ClNO3S/c20-16-6-9-18(10-7-16)25(23,24)21-17-8-11-19-14(5-2-12-22)3-1-4-15(19)13-17/h1,3-4,6-7,9-10,12,17,21H,2,5,8,11,13H2/t17-/m1/s1. The second-order valence-electron chi connectivity index (χ2n) is 6.28. The highest BCUT2D eigenvalue weighted by Crippen LogP contribution is 2.26. The number of hydrogen-bond donors (Lipinski definition) is 1. The van der Waals surface area contributed by atoms with E-state index < -0.39 is 10.0 Å². The largest absolute Gasteiger partial charge is 0.303 e. The summed E-state index contributed by atoms with van der Waals surface area (Å²) in [5.74, 6) is 0. The van der Waals surface area contributed by atoms with Crippen LogP contribution in [0.2, 0.25) is 5.02 Å². The highest BCUT2D eigenvalue weighted by molar-refractivity contribution is 7.89. The molecule has 0 saturated heterocycles. The van der Waals surface area contributed by atoms with Crippen LogP contribution in [0, 0.1) is 0 Å². The van der Waals surface area contributed by atoms with Crippen LogP contribution in [0.3, 0.4) is 0 Å². The van der Waals surface area contributed by atoms with Gasteiger partial charge in [0.25, 0.3) is 0 Å². The number of carbonyl (C=O) groups is 1. The molecule has 2 aromatic carbocycles. The Bertz CT molecular complexity index is 863. The molecule has 0 amide bonds. The van der Waals surface area contributed by atoms with Crippen molar-refractivity contribution in [3.63, 3.8) is 0 Å². The molecule has 132 valence electrons. The van der Waals surface area contributed by atoms with Gasteiger partial charge in [0.2, 0.25) is 10.0 Å². The molecule has 6 heteroatoms. The van der Waals surface area contributed by atoms with E-state index in [2.05, 4.69) is 10.8 Å². The summed E-state index contributed by atoms with van der Waals surface area (Å²) in [6.07, 6.45) is 4.43. The molecule has 0 saturated carbocycles. The van der Waals surface area contributed by atoms with Crippen LogP contribution < -0.4 is 4.72 Å². The Kier molecular flexibility index (Phi) is 5.57. The van der Waals surface area contributed by atoms with E-state index in [0.29, 0.717) is 17.9 Å². The van der Waals surface area contributed by atoms with Crippen molar-refractivity contribution < 1.29 is 13.2 Å². The van der Waals surface area contributed by atoms with E-state index in [-0.39, 0.29) is 10.9 Å². The summed E-state index contributed by atoms with van der Waals surface area (Å²) in [6.45, 7) is 0. The van der Waals surface area contributed by atoms with E-state index in [9.17, 15) is 13.2 Å². The smallest absolute Gasteiger partial charge is 0.240 e. The minimum Gasteiger partial charge on any atom is -0.303 e. The number of nitrogens with one attached hydrogen (secondary N) is 1. The number of fused-ring (bicyclic) bond motifs is 1. The van der Waals surface area contributed by atoms with Crippen LogP contribution in [0.5, 0.6) is 0 Å². The minimum atomic E-state index is -3.56. The molecule has 25 heavy (non-hydrogen) atoms. The Hall–Kier alpha value is -1.69. The van der Waals surface area contributed by atoms with Gasteiger partial charge in [-0.1, -0.05) is 29.8 Å². The summed E-state index contributed by atoms with van der Waals surface area (Å²) in [7, 11) is -3.56. The van der Waals surface area contributed by atoms with Gasteiger partial charge in [0.15, 0.2) is 0 Å².